The van der Waals surface area contributed by atoms with Gasteiger partial charge in [0.1, 0.15) is 0 Å². The first-order valence-electron chi connectivity index (χ1n) is 4.05. The Morgan fingerprint density at radius 2 is 1.29 bits per heavy atom. The first-order chi connectivity index (χ1) is 6.54. The SMILES string of the molecule is Fc1c(F)c(C2CC2)c(F)c(F)c1Br. The van der Waals surface area contributed by atoms with Crippen LogP contribution in [-0.4, -0.2) is 0 Å². The summed E-state index contributed by atoms with van der Waals surface area (Å²) < 4.78 is 51.6. The topological polar surface area (TPSA) is 0 Å². The average molecular weight is 269 g/mol. The van der Waals surface area contributed by atoms with Gasteiger partial charge in [0.05, 0.1) is 4.47 Å². The molecule has 0 aromatic heterocycles. The second-order valence-corrected chi connectivity index (χ2v) is 4.05. The highest BCUT2D eigenvalue weighted by Gasteiger charge is 2.34. The molecule has 1 saturated carbocycles. The van der Waals surface area contributed by atoms with Gasteiger partial charge in [-0.2, -0.15) is 0 Å². The molecule has 0 heterocycles. The summed E-state index contributed by atoms with van der Waals surface area (Å²) >= 11 is 2.45. The first kappa shape index (κ1) is 9.96. The minimum Gasteiger partial charge on any atom is -0.203 e. The molecule has 0 nitrogen and oxygen atoms in total. The third kappa shape index (κ3) is 1.34. The molecule has 0 atom stereocenters. The van der Waals surface area contributed by atoms with Crippen LogP contribution in [0.3, 0.4) is 0 Å². The number of hydrogen-bond acceptors (Lipinski definition) is 0. The van der Waals surface area contributed by atoms with Gasteiger partial charge in [-0.05, 0) is 34.7 Å². The molecule has 0 aliphatic heterocycles. The molecule has 0 radical (unpaired) electrons. The molecular weight excluding hydrogens is 264 g/mol. The Morgan fingerprint density at radius 3 is 1.64 bits per heavy atom. The molecule has 0 N–H and O–H groups in total. The van der Waals surface area contributed by atoms with Gasteiger partial charge in [-0.25, -0.2) is 17.6 Å². The van der Waals surface area contributed by atoms with E-state index in [0.29, 0.717) is 12.8 Å². The molecule has 0 bridgehead atoms. The molecule has 5 heteroatoms. The van der Waals surface area contributed by atoms with Gasteiger partial charge in [0.2, 0.25) is 0 Å². The van der Waals surface area contributed by atoms with Crippen molar-refractivity contribution in [3.05, 3.63) is 33.3 Å². The number of benzene rings is 1. The Bertz CT molecular complexity index is 369. The summed E-state index contributed by atoms with van der Waals surface area (Å²) in [6.45, 7) is 0. The lowest BCUT2D eigenvalue weighted by Gasteiger charge is -2.07. The van der Waals surface area contributed by atoms with Crippen LogP contribution < -0.4 is 0 Å². The maximum Gasteiger partial charge on any atom is 0.176 e. The molecule has 1 aliphatic rings. The van der Waals surface area contributed by atoms with E-state index in [2.05, 4.69) is 15.9 Å². The van der Waals surface area contributed by atoms with Crippen LogP contribution in [0.5, 0.6) is 0 Å². The molecule has 1 aromatic carbocycles. The smallest absolute Gasteiger partial charge is 0.176 e. The summed E-state index contributed by atoms with van der Waals surface area (Å²) in [6, 6.07) is 0. The molecule has 0 amide bonds. The minimum absolute atomic E-state index is 0.368. The summed E-state index contributed by atoms with van der Waals surface area (Å²) in [4.78, 5) is 0. The zero-order valence-corrected chi connectivity index (χ0v) is 8.47. The van der Waals surface area contributed by atoms with Crippen LogP contribution in [0, 0.1) is 23.3 Å². The second kappa shape index (κ2) is 3.22. The molecule has 1 aromatic rings. The van der Waals surface area contributed by atoms with E-state index >= 15 is 0 Å². The van der Waals surface area contributed by atoms with Crippen molar-refractivity contribution >= 4 is 15.9 Å². The molecule has 2 rings (SSSR count). The van der Waals surface area contributed by atoms with Crippen LogP contribution in [0.4, 0.5) is 17.6 Å². The maximum absolute atomic E-state index is 13.2. The quantitative estimate of drug-likeness (QED) is 0.412. The van der Waals surface area contributed by atoms with Crippen LogP contribution in [0.25, 0.3) is 0 Å². The van der Waals surface area contributed by atoms with Crippen molar-refractivity contribution in [1.82, 2.24) is 0 Å². The van der Waals surface area contributed by atoms with E-state index in [-0.39, 0.29) is 5.92 Å². The van der Waals surface area contributed by atoms with E-state index in [0.717, 1.165) is 0 Å². The summed E-state index contributed by atoms with van der Waals surface area (Å²) in [5.41, 5.74) is -0.455. The van der Waals surface area contributed by atoms with E-state index < -0.39 is 33.3 Å². The highest BCUT2D eigenvalue weighted by atomic mass is 79.9. The maximum atomic E-state index is 13.2. The van der Waals surface area contributed by atoms with E-state index in [1.807, 2.05) is 0 Å². The monoisotopic (exact) mass is 268 g/mol. The summed E-state index contributed by atoms with van der Waals surface area (Å²) in [5.74, 6) is -5.64. The fourth-order valence-corrected chi connectivity index (χ4v) is 1.70. The van der Waals surface area contributed by atoms with Crippen LogP contribution >= 0.6 is 15.9 Å². The lowest BCUT2D eigenvalue weighted by molar-refractivity contribution is 0.432. The van der Waals surface area contributed by atoms with Crippen LogP contribution in [-0.2, 0) is 0 Å². The summed E-state index contributed by atoms with van der Waals surface area (Å²) in [6.07, 6.45) is 1.16. The number of halogens is 5. The highest BCUT2D eigenvalue weighted by molar-refractivity contribution is 9.10. The fourth-order valence-electron chi connectivity index (χ4n) is 1.35. The predicted molar refractivity (Wildman–Crippen MR) is 45.9 cm³/mol. The minimum atomic E-state index is -1.36. The van der Waals surface area contributed by atoms with Gasteiger partial charge in [-0.1, -0.05) is 0 Å². The van der Waals surface area contributed by atoms with Crippen molar-refractivity contribution in [3.63, 3.8) is 0 Å². The highest BCUT2D eigenvalue weighted by Crippen LogP contribution is 2.44. The Hall–Kier alpha value is -0.580. The lowest BCUT2D eigenvalue weighted by atomic mass is 10.1. The predicted octanol–water partition coefficient (Wildman–Crippen LogP) is 3.88. The van der Waals surface area contributed by atoms with Gasteiger partial charge in [0.25, 0.3) is 0 Å². The van der Waals surface area contributed by atoms with Crippen molar-refractivity contribution in [2.75, 3.05) is 0 Å². The molecule has 1 fully saturated rings. The zero-order chi connectivity index (χ0) is 10.5. The van der Waals surface area contributed by atoms with Crippen molar-refractivity contribution in [1.29, 1.82) is 0 Å². The molecule has 76 valence electrons. The van der Waals surface area contributed by atoms with Crippen molar-refractivity contribution in [3.8, 4) is 0 Å². The van der Waals surface area contributed by atoms with E-state index in [1.54, 1.807) is 0 Å². The Labute approximate surface area is 86.1 Å². The average Bonchev–Trinajstić information content (AvgIpc) is 2.96. The Balaban J connectivity index is 2.69. The van der Waals surface area contributed by atoms with Crippen LogP contribution in [0.2, 0.25) is 0 Å². The molecule has 0 unspecified atom stereocenters. The molecular formula is C9H5BrF4. The Kier molecular flexibility index (Phi) is 2.29. The van der Waals surface area contributed by atoms with Gasteiger partial charge in [0.15, 0.2) is 23.3 Å². The summed E-state index contributed by atoms with van der Waals surface area (Å²) in [7, 11) is 0. The van der Waals surface area contributed by atoms with Crippen LogP contribution in [0.1, 0.15) is 24.3 Å². The zero-order valence-electron chi connectivity index (χ0n) is 6.88. The van der Waals surface area contributed by atoms with E-state index in [1.165, 1.54) is 0 Å². The molecule has 0 spiro atoms. The fraction of sp³-hybridized carbons (Fsp3) is 0.333. The largest absolute Gasteiger partial charge is 0.203 e. The standard InChI is InChI=1S/C9H5BrF4/c10-5-8(13)6(11)4(3-1-2-3)7(12)9(5)14/h3H,1-2H2. The molecule has 1 aliphatic carbocycles. The van der Waals surface area contributed by atoms with Crippen LogP contribution in [0.15, 0.2) is 4.47 Å². The lowest BCUT2D eigenvalue weighted by Crippen LogP contribution is -2.03. The molecule has 0 saturated heterocycles. The van der Waals surface area contributed by atoms with E-state index in [9.17, 15) is 17.6 Å². The van der Waals surface area contributed by atoms with Gasteiger partial charge in [-0.3, -0.25) is 0 Å². The van der Waals surface area contributed by atoms with Gasteiger partial charge in [0, 0.05) is 5.56 Å². The number of rotatable bonds is 1. The third-order valence-electron chi connectivity index (χ3n) is 2.23. The number of hydrogen-bond donors (Lipinski definition) is 0. The van der Waals surface area contributed by atoms with E-state index in [4.69, 9.17) is 0 Å². The van der Waals surface area contributed by atoms with Gasteiger partial charge < -0.3 is 0 Å². The second-order valence-electron chi connectivity index (χ2n) is 3.26. The normalized spacial score (nSPS) is 16.1. The van der Waals surface area contributed by atoms with Crippen molar-refractivity contribution in [2.45, 2.75) is 18.8 Å². The van der Waals surface area contributed by atoms with Crippen molar-refractivity contribution in [2.24, 2.45) is 0 Å². The Morgan fingerprint density at radius 1 is 0.857 bits per heavy atom. The molecule has 14 heavy (non-hydrogen) atoms. The van der Waals surface area contributed by atoms with Gasteiger partial charge >= 0.3 is 0 Å². The third-order valence-corrected chi connectivity index (χ3v) is 2.93. The summed E-state index contributed by atoms with van der Waals surface area (Å²) in [5, 5.41) is 0. The first-order valence-corrected chi connectivity index (χ1v) is 4.84. The van der Waals surface area contributed by atoms with Crippen molar-refractivity contribution < 1.29 is 17.6 Å². The van der Waals surface area contributed by atoms with Gasteiger partial charge in [-0.15, -0.1) is 0 Å².